The van der Waals surface area contributed by atoms with Crippen LogP contribution >= 0.6 is 0 Å². The van der Waals surface area contributed by atoms with E-state index in [4.69, 9.17) is 19.5 Å². The SMILES string of the molecule is COc1cc(OC)c(-c2n[nH]nc2C#N)cc1OC. The standard InChI is InChI=1S/C12H12N4O3/c1-17-9-5-11(19-3)10(18-2)4-7(9)12-8(6-13)14-16-15-12/h4-5H,1-3H3,(H,14,15,16). The lowest BCUT2D eigenvalue weighted by Crippen LogP contribution is -1.95. The third kappa shape index (κ3) is 2.15. The van der Waals surface area contributed by atoms with Gasteiger partial charge in [-0.05, 0) is 6.07 Å². The van der Waals surface area contributed by atoms with Crippen LogP contribution in [0.25, 0.3) is 11.3 Å². The number of benzene rings is 1. The maximum atomic E-state index is 8.99. The minimum absolute atomic E-state index is 0.186. The normalized spacial score (nSPS) is 9.79. The molecule has 0 aliphatic carbocycles. The van der Waals surface area contributed by atoms with E-state index in [0.29, 0.717) is 28.5 Å². The minimum Gasteiger partial charge on any atom is -0.496 e. The first-order valence-corrected chi connectivity index (χ1v) is 5.36. The van der Waals surface area contributed by atoms with Crippen LogP contribution in [-0.2, 0) is 0 Å². The average molecular weight is 260 g/mol. The van der Waals surface area contributed by atoms with Crippen LogP contribution in [-0.4, -0.2) is 36.7 Å². The van der Waals surface area contributed by atoms with Gasteiger partial charge in [-0.3, -0.25) is 0 Å². The molecule has 98 valence electrons. The molecule has 0 radical (unpaired) electrons. The van der Waals surface area contributed by atoms with Crippen molar-refractivity contribution in [2.45, 2.75) is 0 Å². The van der Waals surface area contributed by atoms with Crippen molar-refractivity contribution in [3.63, 3.8) is 0 Å². The second-order valence-corrected chi connectivity index (χ2v) is 3.54. The van der Waals surface area contributed by atoms with Crippen LogP contribution in [0.3, 0.4) is 0 Å². The van der Waals surface area contributed by atoms with Crippen molar-refractivity contribution in [1.29, 1.82) is 5.26 Å². The smallest absolute Gasteiger partial charge is 0.190 e. The molecule has 0 atom stereocenters. The number of rotatable bonds is 4. The fourth-order valence-electron chi connectivity index (χ4n) is 1.71. The van der Waals surface area contributed by atoms with E-state index in [9.17, 15) is 0 Å². The first-order chi connectivity index (χ1) is 9.24. The third-order valence-corrected chi connectivity index (χ3v) is 2.61. The molecule has 2 aromatic rings. The van der Waals surface area contributed by atoms with Gasteiger partial charge in [0, 0.05) is 6.07 Å². The van der Waals surface area contributed by atoms with Gasteiger partial charge in [0.15, 0.2) is 17.2 Å². The van der Waals surface area contributed by atoms with Gasteiger partial charge in [0.1, 0.15) is 17.5 Å². The molecule has 0 aliphatic heterocycles. The number of hydrogen-bond acceptors (Lipinski definition) is 6. The second kappa shape index (κ2) is 5.27. The van der Waals surface area contributed by atoms with Gasteiger partial charge >= 0.3 is 0 Å². The molecule has 7 nitrogen and oxygen atoms in total. The molecule has 2 rings (SSSR count). The fraction of sp³-hybridized carbons (Fsp3) is 0.250. The molecular weight excluding hydrogens is 248 g/mol. The van der Waals surface area contributed by atoms with Gasteiger partial charge in [-0.2, -0.15) is 15.6 Å². The lowest BCUT2D eigenvalue weighted by molar-refractivity contribution is 0.349. The van der Waals surface area contributed by atoms with E-state index in [2.05, 4.69) is 15.4 Å². The zero-order valence-corrected chi connectivity index (χ0v) is 10.7. The summed E-state index contributed by atoms with van der Waals surface area (Å²) in [5.41, 5.74) is 1.19. The maximum absolute atomic E-state index is 8.99. The zero-order valence-electron chi connectivity index (χ0n) is 10.7. The number of nitrogens with one attached hydrogen (secondary N) is 1. The van der Waals surface area contributed by atoms with Crippen molar-refractivity contribution < 1.29 is 14.2 Å². The lowest BCUT2D eigenvalue weighted by atomic mass is 10.1. The summed E-state index contributed by atoms with van der Waals surface area (Å²) in [5, 5.41) is 19.1. The molecule has 0 saturated carbocycles. The van der Waals surface area contributed by atoms with Gasteiger partial charge in [-0.15, -0.1) is 5.10 Å². The predicted molar refractivity (Wildman–Crippen MR) is 66.2 cm³/mol. The van der Waals surface area contributed by atoms with E-state index < -0.39 is 0 Å². The monoisotopic (exact) mass is 260 g/mol. The highest BCUT2D eigenvalue weighted by Gasteiger charge is 2.18. The number of ether oxygens (including phenoxy) is 3. The van der Waals surface area contributed by atoms with Crippen molar-refractivity contribution in [2.75, 3.05) is 21.3 Å². The first-order valence-electron chi connectivity index (χ1n) is 5.36. The Hall–Kier alpha value is -2.75. The molecule has 0 fully saturated rings. The molecular formula is C12H12N4O3. The Morgan fingerprint density at radius 3 is 2.21 bits per heavy atom. The van der Waals surface area contributed by atoms with Crippen LogP contribution in [0.4, 0.5) is 0 Å². The maximum Gasteiger partial charge on any atom is 0.190 e. The highest BCUT2D eigenvalue weighted by Crippen LogP contribution is 2.39. The molecule has 1 aromatic heterocycles. The highest BCUT2D eigenvalue weighted by molar-refractivity contribution is 5.74. The summed E-state index contributed by atoms with van der Waals surface area (Å²) in [6, 6.07) is 5.32. The number of aromatic amines is 1. The predicted octanol–water partition coefficient (Wildman–Crippen LogP) is 1.37. The Morgan fingerprint density at radius 1 is 1.00 bits per heavy atom. The van der Waals surface area contributed by atoms with Gasteiger partial charge in [-0.1, -0.05) is 0 Å². The van der Waals surface area contributed by atoms with E-state index in [1.54, 1.807) is 12.1 Å². The molecule has 0 saturated heterocycles. The summed E-state index contributed by atoms with van der Waals surface area (Å²) in [4.78, 5) is 0. The third-order valence-electron chi connectivity index (χ3n) is 2.61. The molecule has 7 heteroatoms. The summed E-state index contributed by atoms with van der Waals surface area (Å²) >= 11 is 0. The molecule has 1 heterocycles. The Morgan fingerprint density at radius 2 is 1.63 bits per heavy atom. The highest BCUT2D eigenvalue weighted by atomic mass is 16.5. The van der Waals surface area contributed by atoms with Crippen LogP contribution in [0.5, 0.6) is 17.2 Å². The van der Waals surface area contributed by atoms with Crippen molar-refractivity contribution >= 4 is 0 Å². The summed E-state index contributed by atoms with van der Waals surface area (Å²) < 4.78 is 15.7. The first kappa shape index (κ1) is 12.7. The lowest BCUT2D eigenvalue weighted by Gasteiger charge is -2.12. The number of aromatic nitrogens is 3. The molecule has 0 bridgehead atoms. The number of nitriles is 1. The van der Waals surface area contributed by atoms with E-state index in [1.807, 2.05) is 6.07 Å². The largest absolute Gasteiger partial charge is 0.496 e. The zero-order chi connectivity index (χ0) is 13.8. The molecule has 1 aromatic carbocycles. The Kier molecular flexibility index (Phi) is 3.52. The van der Waals surface area contributed by atoms with Gasteiger partial charge in [-0.25, -0.2) is 0 Å². The van der Waals surface area contributed by atoms with Crippen LogP contribution in [0, 0.1) is 11.3 Å². The minimum atomic E-state index is 0.186. The van der Waals surface area contributed by atoms with E-state index in [1.165, 1.54) is 21.3 Å². The van der Waals surface area contributed by atoms with Crippen molar-refractivity contribution in [2.24, 2.45) is 0 Å². The number of nitrogens with zero attached hydrogens (tertiary/aromatic N) is 3. The number of hydrogen-bond donors (Lipinski definition) is 1. The molecule has 1 N–H and O–H groups in total. The van der Waals surface area contributed by atoms with Crippen LogP contribution in [0.15, 0.2) is 12.1 Å². The molecule has 0 spiro atoms. The molecule has 0 aliphatic rings. The Labute approximate surface area is 109 Å². The van der Waals surface area contributed by atoms with Crippen LogP contribution in [0.2, 0.25) is 0 Å². The fourth-order valence-corrected chi connectivity index (χ4v) is 1.71. The van der Waals surface area contributed by atoms with Crippen molar-refractivity contribution in [3.8, 4) is 34.6 Å². The van der Waals surface area contributed by atoms with Crippen LogP contribution < -0.4 is 14.2 Å². The van der Waals surface area contributed by atoms with E-state index in [-0.39, 0.29) is 5.69 Å². The van der Waals surface area contributed by atoms with Gasteiger partial charge in [0.05, 0.1) is 26.9 Å². The average Bonchev–Trinajstić information content (AvgIpc) is 2.93. The van der Waals surface area contributed by atoms with Crippen molar-refractivity contribution in [1.82, 2.24) is 15.4 Å². The summed E-state index contributed by atoms with van der Waals surface area (Å²) in [6.07, 6.45) is 0. The van der Waals surface area contributed by atoms with E-state index in [0.717, 1.165) is 0 Å². The molecule has 19 heavy (non-hydrogen) atoms. The summed E-state index contributed by atoms with van der Waals surface area (Å²) in [7, 11) is 4.59. The Balaban J connectivity index is 2.66. The van der Waals surface area contributed by atoms with Gasteiger partial charge in [0.2, 0.25) is 0 Å². The number of methoxy groups -OCH3 is 3. The second-order valence-electron chi connectivity index (χ2n) is 3.54. The van der Waals surface area contributed by atoms with Crippen molar-refractivity contribution in [3.05, 3.63) is 17.8 Å². The van der Waals surface area contributed by atoms with E-state index >= 15 is 0 Å². The van der Waals surface area contributed by atoms with Gasteiger partial charge < -0.3 is 14.2 Å². The topological polar surface area (TPSA) is 93.0 Å². The molecule has 0 unspecified atom stereocenters. The summed E-state index contributed by atoms with van der Waals surface area (Å²) in [5.74, 6) is 1.57. The number of H-pyrrole nitrogens is 1. The summed E-state index contributed by atoms with van der Waals surface area (Å²) in [6.45, 7) is 0. The quantitative estimate of drug-likeness (QED) is 0.892. The van der Waals surface area contributed by atoms with Crippen LogP contribution in [0.1, 0.15) is 5.69 Å². The van der Waals surface area contributed by atoms with Gasteiger partial charge in [0.25, 0.3) is 0 Å². The Bertz CT molecular complexity index is 630. The molecule has 0 amide bonds.